The van der Waals surface area contributed by atoms with Crippen LogP contribution in [0, 0.1) is 0 Å². The van der Waals surface area contributed by atoms with Crippen LogP contribution in [0.3, 0.4) is 0 Å². The Labute approximate surface area is 256 Å². The summed E-state index contributed by atoms with van der Waals surface area (Å²) in [5.74, 6) is 0.514. The van der Waals surface area contributed by atoms with Gasteiger partial charge in [0.25, 0.3) is 11.5 Å². The number of carbonyl (C=O) groups excluding carboxylic acids is 1. The summed E-state index contributed by atoms with van der Waals surface area (Å²) in [5, 5.41) is 1.95. The third kappa shape index (κ3) is 5.29. The number of allylic oxidation sites excluding steroid dienone is 1. The van der Waals surface area contributed by atoms with Gasteiger partial charge in [-0.1, -0.05) is 53.8 Å². The van der Waals surface area contributed by atoms with Crippen LogP contribution in [-0.4, -0.2) is 48.7 Å². The molecule has 1 saturated heterocycles. The zero-order valence-electron chi connectivity index (χ0n) is 25.3. The molecule has 7 nitrogen and oxygen atoms in total. The smallest absolute Gasteiger partial charge is 0.271 e. The van der Waals surface area contributed by atoms with Crippen molar-refractivity contribution in [2.45, 2.75) is 46.1 Å². The molecule has 1 aromatic heterocycles. The summed E-state index contributed by atoms with van der Waals surface area (Å²) in [5.41, 5.74) is 3.93. The van der Waals surface area contributed by atoms with Gasteiger partial charge in [0, 0.05) is 37.4 Å². The number of anilines is 1. The zero-order valence-corrected chi connectivity index (χ0v) is 26.1. The summed E-state index contributed by atoms with van der Waals surface area (Å²) in [4.78, 5) is 38.1. The average Bonchev–Trinajstić information content (AvgIpc) is 3.34. The average molecular weight is 595 g/mol. The first-order chi connectivity index (χ1) is 20.9. The van der Waals surface area contributed by atoms with E-state index in [1.54, 1.807) is 16.6 Å². The Morgan fingerprint density at radius 2 is 1.74 bits per heavy atom. The maximum absolute atomic E-state index is 14.3. The SMILES string of the molecule is CCN(CC)C(=O)C1=C(C)N=c2s/c(=C\c3ccc(N4CCCCC4)cc3)c(=O)n2[C@H]1c1c(OC)ccc2ccccc12. The van der Waals surface area contributed by atoms with E-state index in [1.807, 2.05) is 63.2 Å². The van der Waals surface area contributed by atoms with E-state index in [2.05, 4.69) is 29.2 Å². The topological polar surface area (TPSA) is 67.1 Å². The van der Waals surface area contributed by atoms with Crippen molar-refractivity contribution in [2.24, 2.45) is 4.99 Å². The van der Waals surface area contributed by atoms with E-state index in [9.17, 15) is 9.59 Å². The minimum atomic E-state index is -0.686. The fraction of sp³-hybridized carbons (Fsp3) is 0.343. The highest BCUT2D eigenvalue weighted by Gasteiger charge is 2.36. The highest BCUT2D eigenvalue weighted by Crippen LogP contribution is 2.40. The van der Waals surface area contributed by atoms with Crippen molar-refractivity contribution in [3.05, 3.63) is 103 Å². The normalized spacial score (nSPS) is 17.2. The molecule has 1 atom stereocenters. The van der Waals surface area contributed by atoms with Gasteiger partial charge in [0.2, 0.25) is 0 Å². The minimum Gasteiger partial charge on any atom is -0.496 e. The first kappa shape index (κ1) is 28.9. The summed E-state index contributed by atoms with van der Waals surface area (Å²) < 4.78 is 8.18. The van der Waals surface area contributed by atoms with Gasteiger partial charge in [0.1, 0.15) is 11.8 Å². The molecule has 0 aliphatic carbocycles. The van der Waals surface area contributed by atoms with Crippen LogP contribution in [0.25, 0.3) is 16.8 Å². The molecule has 2 aliphatic rings. The number of thiazole rings is 1. The second-order valence-corrected chi connectivity index (χ2v) is 12.1. The molecule has 6 rings (SSSR count). The molecule has 4 aromatic rings. The summed E-state index contributed by atoms with van der Waals surface area (Å²) in [7, 11) is 1.63. The fourth-order valence-corrected chi connectivity index (χ4v) is 7.42. The van der Waals surface area contributed by atoms with Crippen LogP contribution in [-0.2, 0) is 4.79 Å². The number of hydrogen-bond donors (Lipinski definition) is 0. The second-order valence-electron chi connectivity index (χ2n) is 11.1. The summed E-state index contributed by atoms with van der Waals surface area (Å²) in [6.07, 6.45) is 5.68. The highest BCUT2D eigenvalue weighted by molar-refractivity contribution is 7.07. The van der Waals surface area contributed by atoms with Crippen molar-refractivity contribution in [3.63, 3.8) is 0 Å². The molecule has 0 bridgehead atoms. The van der Waals surface area contributed by atoms with E-state index >= 15 is 0 Å². The Balaban J connectivity index is 1.54. The summed E-state index contributed by atoms with van der Waals surface area (Å²) in [6.45, 7) is 9.10. The number of fused-ring (bicyclic) bond motifs is 2. The number of methoxy groups -OCH3 is 1. The van der Waals surface area contributed by atoms with Crippen LogP contribution in [0.15, 0.2) is 81.7 Å². The Hall–Kier alpha value is -4.17. The summed E-state index contributed by atoms with van der Waals surface area (Å²) >= 11 is 1.36. The predicted molar refractivity (Wildman–Crippen MR) is 175 cm³/mol. The molecule has 222 valence electrons. The Kier molecular flexibility index (Phi) is 8.21. The number of carbonyl (C=O) groups is 1. The van der Waals surface area contributed by atoms with Crippen LogP contribution >= 0.6 is 11.3 Å². The maximum atomic E-state index is 14.3. The van der Waals surface area contributed by atoms with E-state index < -0.39 is 6.04 Å². The lowest BCUT2D eigenvalue weighted by Gasteiger charge is -2.30. The first-order valence-corrected chi connectivity index (χ1v) is 16.0. The molecule has 3 heterocycles. The number of piperidine rings is 1. The van der Waals surface area contributed by atoms with E-state index in [4.69, 9.17) is 9.73 Å². The molecule has 0 saturated carbocycles. The first-order valence-electron chi connectivity index (χ1n) is 15.2. The van der Waals surface area contributed by atoms with Gasteiger partial charge in [-0.25, -0.2) is 4.99 Å². The van der Waals surface area contributed by atoms with Crippen molar-refractivity contribution in [2.75, 3.05) is 38.2 Å². The molecule has 0 radical (unpaired) electrons. The number of likely N-dealkylation sites (N-methyl/N-ethyl adjacent to an activating group) is 1. The van der Waals surface area contributed by atoms with Gasteiger partial charge in [-0.2, -0.15) is 0 Å². The quantitative estimate of drug-likeness (QED) is 0.293. The lowest BCUT2D eigenvalue weighted by atomic mass is 9.90. The fourth-order valence-electron chi connectivity index (χ4n) is 6.37. The molecular formula is C35H38N4O3S. The van der Waals surface area contributed by atoms with Gasteiger partial charge in [0.15, 0.2) is 4.80 Å². The van der Waals surface area contributed by atoms with Crippen molar-refractivity contribution < 1.29 is 9.53 Å². The summed E-state index contributed by atoms with van der Waals surface area (Å²) in [6, 6.07) is 19.7. The molecule has 1 fully saturated rings. The van der Waals surface area contributed by atoms with E-state index in [0.29, 0.717) is 39.4 Å². The Bertz CT molecular complexity index is 1880. The lowest BCUT2D eigenvalue weighted by Crippen LogP contribution is -2.43. The molecule has 0 N–H and O–H groups in total. The number of amides is 1. The van der Waals surface area contributed by atoms with Crippen molar-refractivity contribution in [3.8, 4) is 5.75 Å². The number of aromatic nitrogens is 1. The van der Waals surface area contributed by atoms with Gasteiger partial charge < -0.3 is 14.5 Å². The van der Waals surface area contributed by atoms with Gasteiger partial charge in [-0.15, -0.1) is 0 Å². The number of nitrogens with zero attached hydrogens (tertiary/aromatic N) is 4. The van der Waals surface area contributed by atoms with E-state index in [-0.39, 0.29) is 11.5 Å². The Morgan fingerprint density at radius 3 is 2.44 bits per heavy atom. The van der Waals surface area contributed by atoms with Gasteiger partial charge in [-0.3, -0.25) is 14.2 Å². The Morgan fingerprint density at radius 1 is 1.02 bits per heavy atom. The van der Waals surface area contributed by atoms with E-state index in [1.165, 1.54) is 36.3 Å². The number of rotatable bonds is 7. The van der Waals surface area contributed by atoms with Crippen molar-refractivity contribution >= 4 is 39.8 Å². The monoisotopic (exact) mass is 594 g/mol. The molecular weight excluding hydrogens is 556 g/mol. The minimum absolute atomic E-state index is 0.117. The maximum Gasteiger partial charge on any atom is 0.271 e. The predicted octanol–water partition coefficient (Wildman–Crippen LogP) is 5.26. The van der Waals surface area contributed by atoms with Crippen LogP contribution < -0.4 is 24.5 Å². The van der Waals surface area contributed by atoms with Crippen molar-refractivity contribution in [1.29, 1.82) is 0 Å². The third-order valence-electron chi connectivity index (χ3n) is 8.64. The number of ether oxygens (including phenoxy) is 1. The zero-order chi connectivity index (χ0) is 30.1. The van der Waals surface area contributed by atoms with Crippen LogP contribution in [0.2, 0.25) is 0 Å². The molecule has 43 heavy (non-hydrogen) atoms. The van der Waals surface area contributed by atoms with Gasteiger partial charge in [0.05, 0.1) is 22.9 Å². The molecule has 0 unspecified atom stereocenters. The largest absolute Gasteiger partial charge is 0.496 e. The van der Waals surface area contributed by atoms with Crippen LogP contribution in [0.5, 0.6) is 5.75 Å². The van der Waals surface area contributed by atoms with Gasteiger partial charge >= 0.3 is 0 Å². The molecule has 3 aromatic carbocycles. The standard InChI is InChI=1S/C35H38N4O3S/c1-5-37(6-2)34(41)30-23(3)36-35-39(32(30)31-27-13-9-8-12-25(27)16-19-28(31)42-4)33(40)29(43-35)22-24-14-17-26(18-15-24)38-20-10-7-11-21-38/h8-9,12-19,22,32H,5-7,10-11,20-21H2,1-4H3/b29-22-/t32-/m1/s1. The lowest BCUT2D eigenvalue weighted by molar-refractivity contribution is -0.127. The molecule has 8 heteroatoms. The third-order valence-corrected chi connectivity index (χ3v) is 9.62. The molecule has 2 aliphatic heterocycles. The van der Waals surface area contributed by atoms with Crippen LogP contribution in [0.1, 0.15) is 57.2 Å². The van der Waals surface area contributed by atoms with Crippen molar-refractivity contribution in [1.82, 2.24) is 9.47 Å². The molecule has 0 spiro atoms. The molecule has 1 amide bonds. The highest BCUT2D eigenvalue weighted by atomic mass is 32.1. The van der Waals surface area contributed by atoms with Crippen LogP contribution in [0.4, 0.5) is 5.69 Å². The number of hydrogen-bond acceptors (Lipinski definition) is 6. The van der Waals surface area contributed by atoms with E-state index in [0.717, 1.165) is 35.0 Å². The second kappa shape index (κ2) is 12.2. The number of benzene rings is 3. The van der Waals surface area contributed by atoms with Gasteiger partial charge in [-0.05, 0) is 80.6 Å².